The lowest BCUT2D eigenvalue weighted by Gasteiger charge is -2.14. The maximum atomic E-state index is 12.5. The fourth-order valence-corrected chi connectivity index (χ4v) is 5.30. The van der Waals surface area contributed by atoms with Crippen LogP contribution in [0, 0.1) is 0 Å². The zero-order chi connectivity index (χ0) is 24.5. The molecule has 0 saturated carbocycles. The summed E-state index contributed by atoms with van der Waals surface area (Å²) < 4.78 is 36.9. The monoisotopic (exact) mass is 514 g/mol. The Balaban J connectivity index is 1.34. The van der Waals surface area contributed by atoms with Gasteiger partial charge in [-0.15, -0.1) is 0 Å². The molecule has 9 nitrogen and oxygen atoms in total. The Kier molecular flexibility index (Phi) is 9.18. The molecular formula is C24H30N6O3S2. The van der Waals surface area contributed by atoms with Gasteiger partial charge in [0.15, 0.2) is 11.6 Å². The highest BCUT2D eigenvalue weighted by Crippen LogP contribution is 2.25. The molecule has 0 fully saturated rings. The zero-order valence-corrected chi connectivity index (χ0v) is 21.2. The molecule has 2 atom stereocenters. The molecule has 11 heteroatoms. The Bertz CT molecular complexity index is 1190. The van der Waals surface area contributed by atoms with Crippen LogP contribution in [0.2, 0.25) is 0 Å². The Morgan fingerprint density at radius 1 is 1.17 bits per heavy atom. The Morgan fingerprint density at radius 2 is 2.06 bits per heavy atom. The number of benzene rings is 2. The number of nitrogens with one attached hydrogen (secondary N) is 4. The van der Waals surface area contributed by atoms with Gasteiger partial charge in [0.05, 0.1) is 22.6 Å². The van der Waals surface area contributed by atoms with Crippen molar-refractivity contribution in [3.05, 3.63) is 60.3 Å². The second-order valence-corrected chi connectivity index (χ2v) is 10.5. The first-order valence-electron chi connectivity index (χ1n) is 11.6. The third-order valence-electron chi connectivity index (χ3n) is 5.27. The molecule has 4 bridgehead atoms. The van der Waals surface area contributed by atoms with Gasteiger partial charge in [0.1, 0.15) is 22.0 Å². The molecule has 35 heavy (non-hydrogen) atoms. The third-order valence-corrected chi connectivity index (χ3v) is 7.57. The summed E-state index contributed by atoms with van der Waals surface area (Å²) >= 11 is 0. The average molecular weight is 515 g/mol. The van der Waals surface area contributed by atoms with Crippen LogP contribution in [0.5, 0.6) is 5.75 Å². The fourth-order valence-electron chi connectivity index (χ4n) is 3.41. The number of aryl methyl sites for hydroxylation is 1. The van der Waals surface area contributed by atoms with Crippen LogP contribution in [0.15, 0.2) is 64.5 Å². The lowest BCUT2D eigenvalue weighted by atomic mass is 10.2. The lowest BCUT2D eigenvalue weighted by molar-refractivity contribution is 0.311. The van der Waals surface area contributed by atoms with Gasteiger partial charge in [-0.2, -0.15) is 4.98 Å². The number of aromatic nitrogens is 2. The summed E-state index contributed by atoms with van der Waals surface area (Å²) in [6, 6.07) is 15.2. The molecule has 4 rings (SSSR count). The molecule has 1 aromatic heterocycles. The number of rotatable bonds is 8. The SMILES string of the molecule is CCc1cccc(S(=O)NCCCOc2cnc3nc2NCCCNS(=O)c2cccc(c2)N3)c1. The second kappa shape index (κ2) is 12.7. The van der Waals surface area contributed by atoms with Crippen molar-refractivity contribution in [2.24, 2.45) is 0 Å². The van der Waals surface area contributed by atoms with Gasteiger partial charge < -0.3 is 15.4 Å². The van der Waals surface area contributed by atoms with E-state index in [9.17, 15) is 8.42 Å². The highest BCUT2D eigenvalue weighted by molar-refractivity contribution is 7.83. The maximum Gasteiger partial charge on any atom is 0.229 e. The number of anilines is 3. The number of ether oxygens (including phenoxy) is 1. The van der Waals surface area contributed by atoms with Gasteiger partial charge in [-0.1, -0.05) is 25.1 Å². The van der Waals surface area contributed by atoms with E-state index in [1.54, 1.807) is 6.20 Å². The van der Waals surface area contributed by atoms with Crippen LogP contribution in [0.4, 0.5) is 17.5 Å². The molecule has 0 saturated heterocycles. The normalized spacial score (nSPS) is 16.5. The quantitative estimate of drug-likeness (QED) is 0.341. The van der Waals surface area contributed by atoms with Gasteiger partial charge >= 0.3 is 0 Å². The summed E-state index contributed by atoms with van der Waals surface area (Å²) in [7, 11) is -2.53. The van der Waals surface area contributed by atoms with Crippen LogP contribution in [0.3, 0.4) is 0 Å². The molecule has 2 aromatic carbocycles. The van der Waals surface area contributed by atoms with Gasteiger partial charge in [0.25, 0.3) is 0 Å². The highest BCUT2D eigenvalue weighted by atomic mass is 32.2. The summed E-state index contributed by atoms with van der Waals surface area (Å²) in [5.74, 6) is 1.56. The van der Waals surface area contributed by atoms with E-state index < -0.39 is 22.0 Å². The van der Waals surface area contributed by atoms with E-state index in [1.807, 2.05) is 48.5 Å². The first-order valence-corrected chi connectivity index (χ1v) is 13.9. The van der Waals surface area contributed by atoms with E-state index in [0.29, 0.717) is 55.1 Å². The van der Waals surface area contributed by atoms with Crippen LogP contribution < -0.4 is 24.8 Å². The second-order valence-electron chi connectivity index (χ2n) is 7.87. The van der Waals surface area contributed by atoms with Crippen molar-refractivity contribution in [1.82, 2.24) is 19.4 Å². The van der Waals surface area contributed by atoms with Gasteiger partial charge in [-0.05, 0) is 55.2 Å². The van der Waals surface area contributed by atoms with Crippen molar-refractivity contribution in [2.75, 3.05) is 36.9 Å². The largest absolute Gasteiger partial charge is 0.488 e. The molecule has 1 aliphatic heterocycles. The molecule has 0 radical (unpaired) electrons. The molecule has 4 N–H and O–H groups in total. The molecule has 2 unspecified atom stereocenters. The van der Waals surface area contributed by atoms with Crippen LogP contribution in [-0.2, 0) is 28.4 Å². The van der Waals surface area contributed by atoms with Crippen molar-refractivity contribution in [3.8, 4) is 5.75 Å². The molecular weight excluding hydrogens is 484 g/mol. The Morgan fingerprint density at radius 3 is 2.94 bits per heavy atom. The van der Waals surface area contributed by atoms with E-state index in [-0.39, 0.29) is 0 Å². The Labute approximate surface area is 210 Å². The van der Waals surface area contributed by atoms with Gasteiger partial charge in [0, 0.05) is 25.3 Å². The smallest absolute Gasteiger partial charge is 0.229 e. The van der Waals surface area contributed by atoms with Crippen LogP contribution in [-0.4, -0.2) is 44.6 Å². The molecule has 0 spiro atoms. The Hall–Kier alpha value is -2.86. The van der Waals surface area contributed by atoms with Crippen LogP contribution >= 0.6 is 0 Å². The first-order chi connectivity index (χ1) is 17.1. The average Bonchev–Trinajstić information content (AvgIpc) is 2.89. The minimum absolute atomic E-state index is 0.418. The van der Waals surface area contributed by atoms with E-state index >= 15 is 0 Å². The topological polar surface area (TPSA) is 117 Å². The molecule has 2 heterocycles. The summed E-state index contributed by atoms with van der Waals surface area (Å²) in [5.41, 5.74) is 1.91. The number of hydrogen-bond donors (Lipinski definition) is 4. The standard InChI is InChI=1S/C24H30N6O3S2/c1-2-18-7-3-9-20(15-18)34(31)28-13-6-14-33-22-17-26-24-29-19-8-4-10-21(16-19)35(32)27-12-5-11-25-23(22)30-24/h3-4,7-10,15-17,27-28H,2,5-6,11-14H2,1H3,(H2,25,26,29,30). The minimum atomic E-state index is -1.28. The highest BCUT2D eigenvalue weighted by Gasteiger charge is 2.12. The molecule has 3 aromatic rings. The molecule has 186 valence electrons. The molecule has 0 amide bonds. The van der Waals surface area contributed by atoms with Gasteiger partial charge in [-0.25, -0.2) is 22.8 Å². The third kappa shape index (κ3) is 7.31. The zero-order valence-electron chi connectivity index (χ0n) is 19.6. The van der Waals surface area contributed by atoms with Gasteiger partial charge in [-0.3, -0.25) is 0 Å². The minimum Gasteiger partial charge on any atom is -0.488 e. The van der Waals surface area contributed by atoms with E-state index in [4.69, 9.17) is 4.74 Å². The van der Waals surface area contributed by atoms with Gasteiger partial charge in [0.2, 0.25) is 5.95 Å². The first kappa shape index (κ1) is 25.2. The fraction of sp³-hybridized carbons (Fsp3) is 0.333. The van der Waals surface area contributed by atoms with E-state index in [0.717, 1.165) is 29.0 Å². The number of hydrogen-bond acceptors (Lipinski definition) is 7. The van der Waals surface area contributed by atoms with Crippen molar-refractivity contribution >= 4 is 39.4 Å². The van der Waals surface area contributed by atoms with Crippen LogP contribution in [0.25, 0.3) is 0 Å². The van der Waals surface area contributed by atoms with Crippen molar-refractivity contribution in [2.45, 2.75) is 36.0 Å². The molecule has 1 aliphatic rings. The molecule has 0 aliphatic carbocycles. The predicted octanol–water partition coefficient (Wildman–Crippen LogP) is 3.29. The van der Waals surface area contributed by atoms with Crippen molar-refractivity contribution in [3.63, 3.8) is 0 Å². The van der Waals surface area contributed by atoms with E-state index in [2.05, 4.69) is 37.0 Å². The lowest BCUT2D eigenvalue weighted by Crippen LogP contribution is -2.21. The van der Waals surface area contributed by atoms with Crippen molar-refractivity contribution < 1.29 is 13.2 Å². The summed E-state index contributed by atoms with van der Waals surface area (Å²) in [5, 5.41) is 6.44. The number of nitrogens with zero attached hydrogens (tertiary/aromatic N) is 2. The van der Waals surface area contributed by atoms with Crippen molar-refractivity contribution in [1.29, 1.82) is 0 Å². The predicted molar refractivity (Wildman–Crippen MR) is 140 cm³/mol. The number of fused-ring (bicyclic) bond motifs is 4. The summed E-state index contributed by atoms with van der Waals surface area (Å²) in [4.78, 5) is 10.4. The van der Waals surface area contributed by atoms with Crippen LogP contribution in [0.1, 0.15) is 25.3 Å². The van der Waals surface area contributed by atoms with E-state index in [1.165, 1.54) is 0 Å². The summed E-state index contributed by atoms with van der Waals surface area (Å²) in [6.07, 6.45) is 3.97. The maximum absolute atomic E-state index is 12.5. The summed E-state index contributed by atoms with van der Waals surface area (Å²) in [6.45, 7) is 4.27.